The second kappa shape index (κ2) is 6.00. The van der Waals surface area contributed by atoms with Crippen LogP contribution in [0.1, 0.15) is 30.1 Å². The molecule has 0 aliphatic carbocycles. The van der Waals surface area contributed by atoms with Crippen molar-refractivity contribution in [2.24, 2.45) is 5.92 Å². The van der Waals surface area contributed by atoms with Crippen LogP contribution in [0.2, 0.25) is 0 Å². The number of carbonyl (C=O) groups is 1. The molecule has 6 heteroatoms. The summed E-state index contributed by atoms with van der Waals surface area (Å²) in [6.07, 6.45) is -1.93. The highest BCUT2D eigenvalue weighted by Gasteiger charge is 2.43. The number of rotatable bonds is 3. The molecule has 1 aromatic heterocycles. The highest BCUT2D eigenvalue weighted by molar-refractivity contribution is 6.10. The van der Waals surface area contributed by atoms with Crippen molar-refractivity contribution >= 4 is 16.7 Å². The normalized spacial score (nSPS) is 21.5. The van der Waals surface area contributed by atoms with Gasteiger partial charge in [0.25, 0.3) is 0 Å². The fourth-order valence-corrected chi connectivity index (χ4v) is 3.29. The van der Waals surface area contributed by atoms with E-state index in [1.807, 2.05) is 24.3 Å². The molecule has 2 atom stereocenters. The van der Waals surface area contributed by atoms with E-state index in [4.69, 9.17) is 0 Å². The number of ketones is 1. The van der Waals surface area contributed by atoms with Crippen molar-refractivity contribution in [1.29, 1.82) is 0 Å². The van der Waals surface area contributed by atoms with Crippen LogP contribution in [0.3, 0.4) is 0 Å². The Morgan fingerprint density at radius 2 is 2.09 bits per heavy atom. The summed E-state index contributed by atoms with van der Waals surface area (Å²) in [7, 11) is 0. The van der Waals surface area contributed by atoms with Gasteiger partial charge in [-0.15, -0.1) is 0 Å². The average Bonchev–Trinajstić information content (AvgIpc) is 2.97. The highest BCUT2D eigenvalue weighted by atomic mass is 19.4. The van der Waals surface area contributed by atoms with Gasteiger partial charge in [-0.3, -0.25) is 9.69 Å². The third kappa shape index (κ3) is 3.13. The van der Waals surface area contributed by atoms with E-state index in [1.165, 1.54) is 0 Å². The van der Waals surface area contributed by atoms with Gasteiger partial charge in [0.2, 0.25) is 0 Å². The second-order valence-electron chi connectivity index (χ2n) is 6.16. The Hall–Kier alpha value is -1.82. The number of para-hydroxylation sites is 1. The van der Waals surface area contributed by atoms with Crippen LogP contribution < -0.4 is 0 Å². The number of nitrogens with zero attached hydrogens (tertiary/aromatic N) is 1. The van der Waals surface area contributed by atoms with Crippen LogP contribution in [0.4, 0.5) is 13.2 Å². The van der Waals surface area contributed by atoms with Gasteiger partial charge in [0.1, 0.15) is 0 Å². The lowest BCUT2D eigenvalue weighted by Gasteiger charge is -2.36. The molecule has 0 bridgehead atoms. The molecule has 1 N–H and O–H groups in total. The van der Waals surface area contributed by atoms with Crippen molar-refractivity contribution in [3.63, 3.8) is 0 Å². The number of H-pyrrole nitrogens is 1. The minimum absolute atomic E-state index is 0.0985. The quantitative estimate of drug-likeness (QED) is 0.866. The number of aromatic nitrogens is 1. The van der Waals surface area contributed by atoms with E-state index in [9.17, 15) is 18.0 Å². The largest absolute Gasteiger partial charge is 0.393 e. The Morgan fingerprint density at radius 1 is 1.35 bits per heavy atom. The van der Waals surface area contributed by atoms with E-state index >= 15 is 0 Å². The van der Waals surface area contributed by atoms with E-state index in [-0.39, 0.29) is 18.7 Å². The third-order valence-corrected chi connectivity index (χ3v) is 4.70. The zero-order valence-electron chi connectivity index (χ0n) is 12.9. The number of hydrogen-bond acceptors (Lipinski definition) is 2. The molecular formula is C17H19F3N2O. The summed E-state index contributed by atoms with van der Waals surface area (Å²) in [5.74, 6) is -1.47. The number of halogens is 3. The molecule has 3 nitrogen and oxygen atoms in total. The van der Waals surface area contributed by atoms with Gasteiger partial charge in [-0.2, -0.15) is 13.2 Å². The number of carbonyl (C=O) groups excluding carboxylic acids is 1. The first-order valence-corrected chi connectivity index (χ1v) is 7.79. The first-order valence-electron chi connectivity index (χ1n) is 7.79. The summed E-state index contributed by atoms with van der Waals surface area (Å²) in [4.78, 5) is 17.4. The Bertz CT molecular complexity index is 707. The third-order valence-electron chi connectivity index (χ3n) is 4.70. The standard InChI is InChI=1S/C17H19F3N2O/c1-11(22-8-4-5-12(10-22)17(18,19)20)16(23)14-9-21-15-7-3-2-6-13(14)15/h2-3,6-7,9,11-12,21H,4-5,8,10H2,1H3/t11-,12-/m1/s1. The Morgan fingerprint density at radius 3 is 2.83 bits per heavy atom. The molecule has 0 saturated carbocycles. The fourth-order valence-electron chi connectivity index (χ4n) is 3.29. The lowest BCUT2D eigenvalue weighted by molar-refractivity contribution is -0.187. The summed E-state index contributed by atoms with van der Waals surface area (Å²) in [6, 6.07) is 6.88. The molecule has 2 heterocycles. The van der Waals surface area contributed by atoms with Gasteiger partial charge >= 0.3 is 6.18 Å². The molecule has 1 saturated heterocycles. The van der Waals surface area contributed by atoms with Gasteiger partial charge in [0.05, 0.1) is 12.0 Å². The molecule has 0 spiro atoms. The fraction of sp³-hybridized carbons (Fsp3) is 0.471. The highest BCUT2D eigenvalue weighted by Crippen LogP contribution is 2.34. The molecule has 1 fully saturated rings. The number of likely N-dealkylation sites (tertiary alicyclic amines) is 1. The van der Waals surface area contributed by atoms with Crippen LogP contribution in [0.25, 0.3) is 10.9 Å². The van der Waals surface area contributed by atoms with E-state index in [2.05, 4.69) is 4.98 Å². The minimum atomic E-state index is -4.19. The summed E-state index contributed by atoms with van der Waals surface area (Å²) in [5.41, 5.74) is 1.40. The molecule has 0 unspecified atom stereocenters. The van der Waals surface area contributed by atoms with Crippen LogP contribution in [0.5, 0.6) is 0 Å². The summed E-state index contributed by atoms with van der Waals surface area (Å²) in [6.45, 7) is 2.13. The minimum Gasteiger partial charge on any atom is -0.360 e. The van der Waals surface area contributed by atoms with Gasteiger partial charge in [-0.1, -0.05) is 18.2 Å². The van der Waals surface area contributed by atoms with Gasteiger partial charge in [-0.05, 0) is 32.4 Å². The zero-order chi connectivity index (χ0) is 16.6. The molecule has 3 rings (SSSR count). The van der Waals surface area contributed by atoms with Crippen LogP contribution in [-0.2, 0) is 0 Å². The number of aromatic amines is 1. The molecule has 1 aromatic carbocycles. The second-order valence-corrected chi connectivity index (χ2v) is 6.16. The van der Waals surface area contributed by atoms with Crippen LogP contribution >= 0.6 is 0 Å². The van der Waals surface area contributed by atoms with Crippen molar-refractivity contribution in [1.82, 2.24) is 9.88 Å². The molecule has 124 valence electrons. The molecule has 23 heavy (non-hydrogen) atoms. The Kier molecular flexibility index (Phi) is 4.19. The van der Waals surface area contributed by atoms with Crippen molar-refractivity contribution in [2.75, 3.05) is 13.1 Å². The van der Waals surface area contributed by atoms with Crippen LogP contribution in [-0.4, -0.2) is 41.0 Å². The lowest BCUT2D eigenvalue weighted by atomic mass is 9.94. The first-order chi connectivity index (χ1) is 10.9. The molecule has 0 amide bonds. The van der Waals surface area contributed by atoms with Gasteiger partial charge in [-0.25, -0.2) is 0 Å². The number of Topliss-reactive ketones (excluding diaryl/α,β-unsaturated/α-hetero) is 1. The average molecular weight is 324 g/mol. The molecule has 2 aromatic rings. The van der Waals surface area contributed by atoms with Crippen LogP contribution in [0, 0.1) is 5.92 Å². The van der Waals surface area contributed by atoms with Crippen molar-refractivity contribution in [2.45, 2.75) is 32.0 Å². The molecule has 0 radical (unpaired) electrons. The summed E-state index contributed by atoms with van der Waals surface area (Å²) >= 11 is 0. The zero-order valence-corrected chi connectivity index (χ0v) is 12.9. The Labute approximate surface area is 132 Å². The number of piperidine rings is 1. The number of nitrogens with one attached hydrogen (secondary N) is 1. The Balaban J connectivity index is 1.79. The molecule has 1 aliphatic rings. The molecular weight excluding hydrogens is 305 g/mol. The van der Waals surface area contributed by atoms with E-state index < -0.39 is 18.1 Å². The maximum Gasteiger partial charge on any atom is 0.393 e. The number of benzene rings is 1. The lowest BCUT2D eigenvalue weighted by Crippen LogP contribution is -2.48. The smallest absolute Gasteiger partial charge is 0.360 e. The SMILES string of the molecule is C[C@H](C(=O)c1c[nH]c2ccccc12)N1CCC[C@@H](C(F)(F)F)C1. The van der Waals surface area contributed by atoms with Crippen LogP contribution in [0.15, 0.2) is 30.5 Å². The number of alkyl halides is 3. The first kappa shape index (κ1) is 16.1. The van der Waals surface area contributed by atoms with Crippen molar-refractivity contribution in [3.05, 3.63) is 36.0 Å². The summed E-state index contributed by atoms with van der Waals surface area (Å²) < 4.78 is 38.8. The van der Waals surface area contributed by atoms with Crippen molar-refractivity contribution in [3.8, 4) is 0 Å². The predicted octanol–water partition coefficient (Wildman–Crippen LogP) is 4.01. The van der Waals surface area contributed by atoms with Gasteiger partial charge in [0.15, 0.2) is 5.78 Å². The topological polar surface area (TPSA) is 36.1 Å². The van der Waals surface area contributed by atoms with Crippen molar-refractivity contribution < 1.29 is 18.0 Å². The van der Waals surface area contributed by atoms with Gasteiger partial charge < -0.3 is 4.98 Å². The number of fused-ring (bicyclic) bond motifs is 1. The van der Waals surface area contributed by atoms with E-state index in [0.717, 1.165) is 10.9 Å². The van der Waals surface area contributed by atoms with E-state index in [0.29, 0.717) is 18.5 Å². The molecule has 1 aliphatic heterocycles. The van der Waals surface area contributed by atoms with Gasteiger partial charge in [0, 0.05) is 29.2 Å². The summed E-state index contributed by atoms with van der Waals surface area (Å²) in [5, 5.41) is 0.814. The van der Waals surface area contributed by atoms with E-state index in [1.54, 1.807) is 18.0 Å². The maximum absolute atomic E-state index is 12.9. The predicted molar refractivity (Wildman–Crippen MR) is 82.4 cm³/mol. The maximum atomic E-state index is 12.9. The number of hydrogen-bond donors (Lipinski definition) is 1. The monoisotopic (exact) mass is 324 g/mol.